The van der Waals surface area contributed by atoms with E-state index in [0.29, 0.717) is 17.0 Å². The summed E-state index contributed by atoms with van der Waals surface area (Å²) in [5.41, 5.74) is 2.39. The van der Waals surface area contributed by atoms with Crippen LogP contribution in [0.3, 0.4) is 0 Å². The number of nitrogens with one attached hydrogen (secondary N) is 2. The zero-order valence-electron chi connectivity index (χ0n) is 15.2. The smallest absolute Gasteiger partial charge is 0.267 e. The molecule has 0 spiro atoms. The number of rotatable bonds is 7. The van der Waals surface area contributed by atoms with Crippen molar-refractivity contribution in [2.45, 2.75) is 53.0 Å². The molecule has 2 rings (SSSR count). The van der Waals surface area contributed by atoms with E-state index in [2.05, 4.69) is 22.5 Å². The molecule has 0 aliphatic rings. The summed E-state index contributed by atoms with van der Waals surface area (Å²) in [7, 11) is 0. The number of benzene rings is 1. The second-order valence-corrected chi connectivity index (χ2v) is 7.41. The highest BCUT2D eigenvalue weighted by molar-refractivity contribution is 7.13. The van der Waals surface area contributed by atoms with Gasteiger partial charge in [-0.3, -0.25) is 9.59 Å². The first-order valence-corrected chi connectivity index (χ1v) is 9.36. The first kappa shape index (κ1) is 19.1. The lowest BCUT2D eigenvalue weighted by Crippen LogP contribution is -2.31. The fourth-order valence-electron chi connectivity index (χ4n) is 2.44. The standard InChI is InChI=1S/C19H25N3O2S/c1-5-6-17-21-13(4)18(25-17)19(24)22-15-9-7-14(8-10-15)11-16(23)20-12(2)3/h7-10,12H,5-6,11H2,1-4H3,(H,20,23)(H,22,24). The van der Waals surface area contributed by atoms with Crippen molar-refractivity contribution in [3.8, 4) is 0 Å². The number of carbonyl (C=O) groups excluding carboxylic acids is 2. The summed E-state index contributed by atoms with van der Waals surface area (Å²) in [6, 6.07) is 7.49. The maximum absolute atomic E-state index is 12.4. The van der Waals surface area contributed by atoms with Gasteiger partial charge in [-0.05, 0) is 51.3 Å². The molecule has 0 aliphatic carbocycles. The molecule has 2 N–H and O–H groups in total. The van der Waals surface area contributed by atoms with Crippen LogP contribution in [0.5, 0.6) is 0 Å². The molecule has 1 aromatic carbocycles. The molecule has 25 heavy (non-hydrogen) atoms. The molecule has 0 bridgehead atoms. The van der Waals surface area contributed by atoms with E-state index in [1.165, 1.54) is 11.3 Å². The molecule has 0 atom stereocenters. The summed E-state index contributed by atoms with van der Waals surface area (Å²) >= 11 is 1.45. The Labute approximate surface area is 152 Å². The number of aromatic nitrogens is 1. The van der Waals surface area contributed by atoms with E-state index in [1.807, 2.05) is 45.0 Å². The van der Waals surface area contributed by atoms with E-state index in [1.54, 1.807) is 0 Å². The van der Waals surface area contributed by atoms with Gasteiger partial charge in [0.15, 0.2) is 0 Å². The molecule has 2 aromatic rings. The Kier molecular flexibility index (Phi) is 6.70. The van der Waals surface area contributed by atoms with Crippen LogP contribution in [-0.4, -0.2) is 22.8 Å². The van der Waals surface area contributed by atoms with E-state index in [4.69, 9.17) is 0 Å². The summed E-state index contributed by atoms with van der Waals surface area (Å²) in [6.45, 7) is 7.83. The van der Waals surface area contributed by atoms with E-state index in [9.17, 15) is 9.59 Å². The van der Waals surface area contributed by atoms with Crippen LogP contribution in [0, 0.1) is 6.92 Å². The Morgan fingerprint density at radius 1 is 1.20 bits per heavy atom. The SMILES string of the molecule is CCCc1nc(C)c(C(=O)Nc2ccc(CC(=O)NC(C)C)cc2)s1. The Balaban J connectivity index is 1.98. The fraction of sp³-hybridized carbons (Fsp3) is 0.421. The van der Waals surface area contributed by atoms with Gasteiger partial charge in [-0.15, -0.1) is 11.3 Å². The number of hydrogen-bond acceptors (Lipinski definition) is 4. The molecule has 2 amide bonds. The predicted molar refractivity (Wildman–Crippen MR) is 102 cm³/mol. The molecule has 6 heteroatoms. The van der Waals surface area contributed by atoms with Gasteiger partial charge in [0, 0.05) is 11.7 Å². The Morgan fingerprint density at radius 3 is 2.48 bits per heavy atom. The highest BCUT2D eigenvalue weighted by Gasteiger charge is 2.15. The minimum atomic E-state index is -0.136. The van der Waals surface area contributed by atoms with Crippen LogP contribution in [0.25, 0.3) is 0 Å². The summed E-state index contributed by atoms with van der Waals surface area (Å²) in [6.07, 6.45) is 2.24. The predicted octanol–water partition coefficient (Wildman–Crippen LogP) is 3.72. The van der Waals surface area contributed by atoms with Crippen molar-refractivity contribution in [2.75, 3.05) is 5.32 Å². The van der Waals surface area contributed by atoms with E-state index >= 15 is 0 Å². The molecule has 0 radical (unpaired) electrons. The molecule has 5 nitrogen and oxygen atoms in total. The summed E-state index contributed by atoms with van der Waals surface area (Å²) < 4.78 is 0. The number of hydrogen-bond donors (Lipinski definition) is 2. The zero-order chi connectivity index (χ0) is 18.4. The Morgan fingerprint density at radius 2 is 1.88 bits per heavy atom. The third-order valence-corrected chi connectivity index (χ3v) is 4.75. The van der Waals surface area contributed by atoms with Crippen LogP contribution in [0.15, 0.2) is 24.3 Å². The lowest BCUT2D eigenvalue weighted by atomic mass is 10.1. The van der Waals surface area contributed by atoms with Crippen LogP contribution in [-0.2, 0) is 17.6 Å². The second-order valence-electron chi connectivity index (χ2n) is 6.32. The Hall–Kier alpha value is -2.21. The average molecular weight is 359 g/mol. The minimum Gasteiger partial charge on any atom is -0.354 e. The number of carbonyl (C=O) groups is 2. The molecule has 0 saturated heterocycles. The topological polar surface area (TPSA) is 71.1 Å². The largest absolute Gasteiger partial charge is 0.354 e. The minimum absolute atomic E-state index is 0.00414. The zero-order valence-corrected chi connectivity index (χ0v) is 16.0. The summed E-state index contributed by atoms with van der Waals surface area (Å²) in [4.78, 5) is 29.3. The van der Waals surface area contributed by atoms with E-state index < -0.39 is 0 Å². The first-order valence-electron chi connectivity index (χ1n) is 8.55. The number of nitrogens with zero attached hydrogens (tertiary/aromatic N) is 1. The van der Waals surface area contributed by atoms with Crippen molar-refractivity contribution in [1.29, 1.82) is 0 Å². The second kappa shape index (κ2) is 8.76. The van der Waals surface area contributed by atoms with Crippen LogP contribution in [0.1, 0.15) is 53.1 Å². The molecule has 0 saturated carbocycles. The van der Waals surface area contributed by atoms with Gasteiger partial charge in [-0.1, -0.05) is 19.1 Å². The van der Waals surface area contributed by atoms with E-state index in [0.717, 1.165) is 29.1 Å². The normalized spacial score (nSPS) is 10.8. The quantitative estimate of drug-likeness (QED) is 0.791. The molecular weight excluding hydrogens is 334 g/mol. The van der Waals surface area contributed by atoms with E-state index in [-0.39, 0.29) is 17.9 Å². The van der Waals surface area contributed by atoms with Gasteiger partial charge in [0.2, 0.25) is 5.91 Å². The van der Waals surface area contributed by atoms with Gasteiger partial charge in [0.05, 0.1) is 17.1 Å². The highest BCUT2D eigenvalue weighted by atomic mass is 32.1. The Bertz CT molecular complexity index is 736. The summed E-state index contributed by atoms with van der Waals surface area (Å²) in [5.74, 6) is -0.141. The maximum Gasteiger partial charge on any atom is 0.267 e. The molecule has 1 heterocycles. The van der Waals surface area contributed by atoms with Gasteiger partial charge in [0.1, 0.15) is 4.88 Å². The highest BCUT2D eigenvalue weighted by Crippen LogP contribution is 2.21. The summed E-state index contributed by atoms with van der Waals surface area (Å²) in [5, 5.41) is 6.76. The third-order valence-electron chi connectivity index (χ3n) is 3.54. The van der Waals surface area contributed by atoms with Crippen LogP contribution < -0.4 is 10.6 Å². The lowest BCUT2D eigenvalue weighted by molar-refractivity contribution is -0.120. The van der Waals surface area contributed by atoms with Gasteiger partial charge in [-0.2, -0.15) is 0 Å². The molecular formula is C19H25N3O2S. The monoisotopic (exact) mass is 359 g/mol. The molecule has 0 unspecified atom stereocenters. The lowest BCUT2D eigenvalue weighted by Gasteiger charge is -2.09. The van der Waals surface area contributed by atoms with Crippen LogP contribution >= 0.6 is 11.3 Å². The molecule has 0 aliphatic heterocycles. The van der Waals surface area contributed by atoms with Gasteiger partial charge >= 0.3 is 0 Å². The van der Waals surface area contributed by atoms with Gasteiger partial charge < -0.3 is 10.6 Å². The van der Waals surface area contributed by atoms with Crippen molar-refractivity contribution in [2.24, 2.45) is 0 Å². The van der Waals surface area contributed by atoms with Crippen LogP contribution in [0.4, 0.5) is 5.69 Å². The van der Waals surface area contributed by atoms with Crippen LogP contribution in [0.2, 0.25) is 0 Å². The first-order chi connectivity index (χ1) is 11.9. The van der Waals surface area contributed by atoms with Crippen molar-refractivity contribution in [1.82, 2.24) is 10.3 Å². The van der Waals surface area contributed by atoms with Crippen molar-refractivity contribution < 1.29 is 9.59 Å². The average Bonchev–Trinajstić information content (AvgIpc) is 2.89. The number of aryl methyl sites for hydroxylation is 2. The van der Waals surface area contributed by atoms with Crippen molar-refractivity contribution in [3.63, 3.8) is 0 Å². The number of anilines is 1. The van der Waals surface area contributed by atoms with Crippen molar-refractivity contribution in [3.05, 3.63) is 45.4 Å². The number of amides is 2. The fourth-order valence-corrected chi connectivity index (χ4v) is 3.50. The molecule has 1 aromatic heterocycles. The van der Waals surface area contributed by atoms with Gasteiger partial charge in [-0.25, -0.2) is 4.98 Å². The molecule has 134 valence electrons. The third kappa shape index (κ3) is 5.67. The number of thiazole rings is 1. The van der Waals surface area contributed by atoms with Crippen molar-refractivity contribution >= 4 is 28.8 Å². The maximum atomic E-state index is 12.4. The molecule has 0 fully saturated rings. The van der Waals surface area contributed by atoms with Gasteiger partial charge in [0.25, 0.3) is 5.91 Å².